The largest absolute Gasteiger partial charge is 0.370 e. The number of benzene rings is 2. The maximum atomic E-state index is 6.04. The van der Waals surface area contributed by atoms with E-state index >= 15 is 0 Å². The van der Waals surface area contributed by atoms with Gasteiger partial charge in [0.2, 0.25) is 11.7 Å². The second-order valence-electron chi connectivity index (χ2n) is 7.08. The van der Waals surface area contributed by atoms with E-state index in [-0.39, 0.29) is 30.1 Å². The number of aromatic nitrogens is 2. The lowest BCUT2D eigenvalue weighted by atomic mass is 10.0. The quantitative estimate of drug-likeness (QED) is 0.292. The molecule has 1 saturated heterocycles. The molecule has 3 aromatic rings. The third-order valence-electron chi connectivity index (χ3n) is 5.06. The number of guanidine groups is 1. The van der Waals surface area contributed by atoms with Crippen molar-refractivity contribution in [2.75, 3.05) is 26.7 Å². The molecule has 1 atom stereocenters. The zero-order valence-corrected chi connectivity index (χ0v) is 20.5. The molecule has 1 aliphatic heterocycles. The van der Waals surface area contributed by atoms with E-state index in [2.05, 4.69) is 44.4 Å². The summed E-state index contributed by atoms with van der Waals surface area (Å²) in [7, 11) is 1.77. The summed E-state index contributed by atoms with van der Waals surface area (Å²) in [5, 5.41) is 8.00. The van der Waals surface area contributed by atoms with Crippen LogP contribution in [0.15, 0.2) is 58.0 Å². The predicted molar refractivity (Wildman–Crippen MR) is 132 cm³/mol. The number of nitrogens with one attached hydrogen (secondary N) is 1. The first-order valence-corrected chi connectivity index (χ1v) is 10.2. The molecule has 0 saturated carbocycles. The van der Waals surface area contributed by atoms with E-state index in [1.165, 1.54) is 11.1 Å². The van der Waals surface area contributed by atoms with Crippen LogP contribution in [0.3, 0.4) is 0 Å². The molecule has 0 spiro atoms. The third kappa shape index (κ3) is 5.75. The van der Waals surface area contributed by atoms with Gasteiger partial charge >= 0.3 is 0 Å². The summed E-state index contributed by atoms with van der Waals surface area (Å²) >= 11 is 6.04. The monoisotopic (exact) mass is 553 g/mol. The Balaban J connectivity index is 0.00000272. The SMILES string of the molecule is CN=C(NCc1nc(-c2cccc(Cl)c2)no1)N1CCOC(c2ccccc2C)C1.I. The summed E-state index contributed by atoms with van der Waals surface area (Å²) in [6.07, 6.45) is 0.0105. The summed E-state index contributed by atoms with van der Waals surface area (Å²) in [4.78, 5) is 11.1. The molecule has 9 heteroatoms. The number of aliphatic imine (C=N–C) groups is 1. The van der Waals surface area contributed by atoms with E-state index in [0.717, 1.165) is 24.6 Å². The smallest absolute Gasteiger partial charge is 0.246 e. The maximum Gasteiger partial charge on any atom is 0.246 e. The van der Waals surface area contributed by atoms with E-state index < -0.39 is 0 Å². The fraction of sp³-hybridized carbons (Fsp3) is 0.318. The van der Waals surface area contributed by atoms with Crippen LogP contribution >= 0.6 is 35.6 Å². The molecule has 1 fully saturated rings. The zero-order chi connectivity index (χ0) is 20.9. The third-order valence-corrected chi connectivity index (χ3v) is 5.30. The molecular formula is C22H25ClIN5O2. The average Bonchev–Trinajstić information content (AvgIpc) is 3.24. The van der Waals surface area contributed by atoms with Gasteiger partial charge in [0.05, 0.1) is 19.7 Å². The molecule has 4 rings (SSSR count). The van der Waals surface area contributed by atoms with Crippen LogP contribution < -0.4 is 5.32 Å². The molecule has 0 bridgehead atoms. The maximum absolute atomic E-state index is 6.04. The van der Waals surface area contributed by atoms with Gasteiger partial charge in [-0.05, 0) is 30.2 Å². The van der Waals surface area contributed by atoms with Gasteiger partial charge in [0.25, 0.3) is 0 Å². The lowest BCUT2D eigenvalue weighted by Gasteiger charge is -2.35. The Labute approximate surface area is 203 Å². The molecule has 1 N–H and O–H groups in total. The summed E-state index contributed by atoms with van der Waals surface area (Å²) in [6, 6.07) is 15.7. The number of hydrogen-bond donors (Lipinski definition) is 1. The van der Waals surface area contributed by atoms with E-state index in [9.17, 15) is 0 Å². The lowest BCUT2D eigenvalue weighted by Crippen LogP contribution is -2.48. The minimum absolute atomic E-state index is 0. The van der Waals surface area contributed by atoms with Crippen LogP contribution in [-0.4, -0.2) is 47.7 Å². The molecule has 1 aliphatic rings. The van der Waals surface area contributed by atoms with Crippen molar-refractivity contribution < 1.29 is 9.26 Å². The van der Waals surface area contributed by atoms with Gasteiger partial charge < -0.3 is 19.5 Å². The predicted octanol–water partition coefficient (Wildman–Crippen LogP) is 4.47. The normalized spacial score (nSPS) is 16.7. The van der Waals surface area contributed by atoms with Crippen molar-refractivity contribution in [3.05, 3.63) is 70.6 Å². The molecule has 2 heterocycles. The molecule has 1 aromatic heterocycles. The molecule has 0 amide bonds. The van der Waals surface area contributed by atoms with Crippen molar-refractivity contribution in [2.24, 2.45) is 4.99 Å². The molecule has 31 heavy (non-hydrogen) atoms. The highest BCUT2D eigenvalue weighted by Crippen LogP contribution is 2.25. The topological polar surface area (TPSA) is 75.8 Å². The Morgan fingerprint density at radius 3 is 2.87 bits per heavy atom. The van der Waals surface area contributed by atoms with Crippen molar-refractivity contribution >= 4 is 41.5 Å². The van der Waals surface area contributed by atoms with Gasteiger partial charge in [-0.2, -0.15) is 4.98 Å². The van der Waals surface area contributed by atoms with Gasteiger partial charge in [0, 0.05) is 24.2 Å². The Morgan fingerprint density at radius 2 is 2.10 bits per heavy atom. The number of nitrogens with zero attached hydrogens (tertiary/aromatic N) is 4. The standard InChI is InChI=1S/C22H24ClN5O2.HI/c1-15-6-3-4-9-18(15)19-14-28(10-11-29-19)22(24-2)25-13-20-26-21(27-30-20)16-7-5-8-17(23)12-16;/h3-9,12,19H,10-11,13-14H2,1-2H3,(H,24,25);1H. The Hall–Kier alpha value is -2.17. The fourth-order valence-electron chi connectivity index (χ4n) is 3.54. The van der Waals surface area contributed by atoms with Gasteiger partial charge in [-0.1, -0.05) is 53.2 Å². The average molecular weight is 554 g/mol. The number of halogens is 2. The van der Waals surface area contributed by atoms with E-state index in [1.807, 2.05) is 36.4 Å². The van der Waals surface area contributed by atoms with Gasteiger partial charge in [-0.3, -0.25) is 4.99 Å². The van der Waals surface area contributed by atoms with Crippen LogP contribution in [0, 0.1) is 6.92 Å². The molecule has 0 radical (unpaired) electrons. The van der Waals surface area contributed by atoms with Crippen molar-refractivity contribution in [1.29, 1.82) is 0 Å². The summed E-state index contributed by atoms with van der Waals surface area (Å²) in [6.45, 7) is 4.62. The van der Waals surface area contributed by atoms with Crippen LogP contribution in [0.25, 0.3) is 11.4 Å². The van der Waals surface area contributed by atoms with Crippen LogP contribution in [-0.2, 0) is 11.3 Å². The van der Waals surface area contributed by atoms with Crippen LogP contribution in [0.1, 0.15) is 23.1 Å². The zero-order valence-electron chi connectivity index (χ0n) is 17.4. The highest BCUT2D eigenvalue weighted by Gasteiger charge is 2.25. The van der Waals surface area contributed by atoms with Crippen LogP contribution in [0.2, 0.25) is 5.02 Å². The van der Waals surface area contributed by atoms with Crippen molar-refractivity contribution in [3.8, 4) is 11.4 Å². The lowest BCUT2D eigenvalue weighted by molar-refractivity contribution is -0.00837. The number of morpholine rings is 1. The summed E-state index contributed by atoms with van der Waals surface area (Å²) in [5.74, 6) is 1.77. The van der Waals surface area contributed by atoms with E-state index in [0.29, 0.717) is 29.9 Å². The minimum Gasteiger partial charge on any atom is -0.370 e. The van der Waals surface area contributed by atoms with Crippen molar-refractivity contribution in [3.63, 3.8) is 0 Å². The van der Waals surface area contributed by atoms with E-state index in [1.54, 1.807) is 7.05 Å². The van der Waals surface area contributed by atoms with Gasteiger partial charge in [0.1, 0.15) is 6.10 Å². The first kappa shape index (κ1) is 23.5. The highest BCUT2D eigenvalue weighted by molar-refractivity contribution is 14.0. The second-order valence-corrected chi connectivity index (χ2v) is 7.52. The number of rotatable bonds is 4. The molecule has 0 aliphatic carbocycles. The van der Waals surface area contributed by atoms with Gasteiger partial charge in [0.15, 0.2) is 5.96 Å². The molecule has 1 unspecified atom stereocenters. The molecular weight excluding hydrogens is 529 g/mol. The van der Waals surface area contributed by atoms with Crippen LogP contribution in [0.4, 0.5) is 0 Å². The fourth-order valence-corrected chi connectivity index (χ4v) is 3.73. The van der Waals surface area contributed by atoms with Crippen molar-refractivity contribution in [2.45, 2.75) is 19.6 Å². The van der Waals surface area contributed by atoms with E-state index in [4.69, 9.17) is 20.9 Å². The Morgan fingerprint density at radius 1 is 1.26 bits per heavy atom. The molecule has 2 aromatic carbocycles. The highest BCUT2D eigenvalue weighted by atomic mass is 127. The number of aryl methyl sites for hydroxylation is 1. The number of ether oxygens (including phenoxy) is 1. The summed E-state index contributed by atoms with van der Waals surface area (Å²) in [5.41, 5.74) is 3.25. The van der Waals surface area contributed by atoms with Crippen LogP contribution in [0.5, 0.6) is 0 Å². The van der Waals surface area contributed by atoms with Crippen molar-refractivity contribution in [1.82, 2.24) is 20.4 Å². The molecule has 7 nitrogen and oxygen atoms in total. The second kappa shape index (κ2) is 10.9. The first-order chi connectivity index (χ1) is 14.6. The van der Waals surface area contributed by atoms with Gasteiger partial charge in [-0.15, -0.1) is 24.0 Å². The Kier molecular flexibility index (Phi) is 8.28. The minimum atomic E-state index is 0. The Bertz CT molecular complexity index is 1040. The summed E-state index contributed by atoms with van der Waals surface area (Å²) < 4.78 is 11.4. The van der Waals surface area contributed by atoms with Gasteiger partial charge in [-0.25, -0.2) is 0 Å². The molecule has 164 valence electrons. The number of hydrogen-bond acceptors (Lipinski definition) is 5. The first-order valence-electron chi connectivity index (χ1n) is 9.85.